The number of aromatic carboxylic acids is 2. The van der Waals surface area contributed by atoms with Crippen molar-refractivity contribution in [2.75, 3.05) is 11.5 Å². The molecule has 2 rings (SSSR count). The molecule has 0 aliphatic heterocycles. The topological polar surface area (TPSA) is 133 Å². The first kappa shape index (κ1) is 20.6. The lowest BCUT2D eigenvalue weighted by Gasteiger charge is -2.13. The fraction of sp³-hybridized carbons (Fsp3) is 0.316. The molecule has 144 valence electrons. The lowest BCUT2D eigenvalue weighted by Crippen LogP contribution is -2.24. The summed E-state index contributed by atoms with van der Waals surface area (Å²) in [5.41, 5.74) is 3.83. The molecule has 0 atom stereocenters. The van der Waals surface area contributed by atoms with Crippen molar-refractivity contribution in [3.63, 3.8) is 0 Å². The molecule has 0 aliphatic rings. The van der Waals surface area contributed by atoms with Crippen LogP contribution in [-0.2, 0) is 0 Å². The van der Waals surface area contributed by atoms with Crippen LogP contribution in [0.1, 0.15) is 53.3 Å². The van der Waals surface area contributed by atoms with Crippen molar-refractivity contribution in [2.45, 2.75) is 37.5 Å². The van der Waals surface area contributed by atoms with Crippen LogP contribution in [-0.4, -0.2) is 32.9 Å². The quantitative estimate of drug-likeness (QED) is 0.379. The van der Waals surface area contributed by atoms with Gasteiger partial charge in [-0.05, 0) is 29.9 Å². The summed E-state index contributed by atoms with van der Waals surface area (Å²) < 4.78 is 0. The minimum absolute atomic E-state index is 0.176. The van der Waals surface area contributed by atoms with Crippen molar-refractivity contribution in [2.24, 2.45) is 0 Å². The van der Waals surface area contributed by atoms with Gasteiger partial charge in [0.2, 0.25) is 0 Å². The van der Waals surface area contributed by atoms with E-state index in [1.807, 2.05) is 6.07 Å². The van der Waals surface area contributed by atoms with Gasteiger partial charge in [-0.3, -0.25) is 4.79 Å². The van der Waals surface area contributed by atoms with Crippen molar-refractivity contribution in [1.82, 2.24) is 4.98 Å². The highest BCUT2D eigenvalue weighted by Gasteiger charge is 2.26. The van der Waals surface area contributed by atoms with Gasteiger partial charge in [0, 0.05) is 10.5 Å². The number of unbranched alkanes of at least 4 members (excludes halogenated alkanes) is 3. The van der Waals surface area contributed by atoms with E-state index < -0.39 is 28.6 Å². The molecule has 1 aromatic heterocycles. The number of H-pyrrole nitrogens is 1. The first-order valence-electron chi connectivity index (χ1n) is 8.62. The standard InChI is InChI=1S/C19H22N2O5S/c1-2-3-4-5-9-27-12-8-6-7-11(10-12)13-14(18(23)24)16(20)21-17(22)15(13)19(25)26/h6-8,10H,2-5,9H2,1H3,(H,23,24)(H,25,26)(H3,20,21,22). The number of thioether (sulfide) groups is 1. The van der Waals surface area contributed by atoms with Gasteiger partial charge in [0.25, 0.3) is 5.56 Å². The van der Waals surface area contributed by atoms with Gasteiger partial charge in [-0.25, -0.2) is 9.59 Å². The Bertz CT molecular complexity index is 907. The molecule has 0 bridgehead atoms. The fourth-order valence-electron chi connectivity index (χ4n) is 2.80. The molecule has 1 heterocycles. The number of benzene rings is 1. The molecule has 0 amide bonds. The van der Waals surface area contributed by atoms with E-state index in [1.54, 1.807) is 30.0 Å². The molecule has 27 heavy (non-hydrogen) atoms. The van der Waals surface area contributed by atoms with Crippen molar-refractivity contribution in [1.29, 1.82) is 0 Å². The molecule has 0 spiro atoms. The molecule has 0 unspecified atom stereocenters. The van der Waals surface area contributed by atoms with E-state index >= 15 is 0 Å². The van der Waals surface area contributed by atoms with Gasteiger partial charge >= 0.3 is 11.9 Å². The zero-order chi connectivity index (χ0) is 20.0. The van der Waals surface area contributed by atoms with Gasteiger partial charge in [-0.15, -0.1) is 11.8 Å². The van der Waals surface area contributed by atoms with E-state index in [0.717, 1.165) is 29.9 Å². The minimum Gasteiger partial charge on any atom is -0.478 e. The molecular weight excluding hydrogens is 368 g/mol. The Morgan fingerprint density at radius 2 is 1.81 bits per heavy atom. The highest BCUT2D eigenvalue weighted by molar-refractivity contribution is 7.99. The van der Waals surface area contributed by atoms with Gasteiger partial charge in [0.15, 0.2) is 0 Å². The average Bonchev–Trinajstić information content (AvgIpc) is 2.60. The van der Waals surface area contributed by atoms with Crippen molar-refractivity contribution in [3.05, 3.63) is 45.7 Å². The second kappa shape index (κ2) is 9.27. The summed E-state index contributed by atoms with van der Waals surface area (Å²) in [6.07, 6.45) is 4.53. The van der Waals surface area contributed by atoms with E-state index in [9.17, 15) is 24.6 Å². The van der Waals surface area contributed by atoms with Crippen LogP contribution in [0, 0.1) is 0 Å². The number of rotatable bonds is 9. The van der Waals surface area contributed by atoms with Crippen LogP contribution in [0.4, 0.5) is 5.82 Å². The van der Waals surface area contributed by atoms with Crippen LogP contribution in [0.3, 0.4) is 0 Å². The van der Waals surface area contributed by atoms with Crippen molar-refractivity contribution in [3.8, 4) is 11.1 Å². The average molecular weight is 390 g/mol. The van der Waals surface area contributed by atoms with Gasteiger partial charge in [0.1, 0.15) is 16.9 Å². The summed E-state index contributed by atoms with van der Waals surface area (Å²) in [5, 5.41) is 18.9. The fourth-order valence-corrected chi connectivity index (χ4v) is 3.76. The van der Waals surface area contributed by atoms with Crippen molar-refractivity contribution >= 4 is 29.5 Å². The maximum atomic E-state index is 12.1. The molecule has 2 aromatic rings. The number of hydrogen-bond donors (Lipinski definition) is 4. The molecule has 0 radical (unpaired) electrons. The molecule has 7 nitrogen and oxygen atoms in total. The number of hydrogen-bond acceptors (Lipinski definition) is 5. The van der Waals surface area contributed by atoms with Gasteiger partial charge < -0.3 is 20.9 Å². The predicted octanol–water partition coefficient (Wildman–Crippen LogP) is 3.69. The van der Waals surface area contributed by atoms with Crippen LogP contribution >= 0.6 is 11.8 Å². The third-order valence-corrected chi connectivity index (χ3v) is 5.14. The molecule has 0 aliphatic carbocycles. The van der Waals surface area contributed by atoms with Crippen LogP contribution in [0.25, 0.3) is 11.1 Å². The van der Waals surface area contributed by atoms with Crippen LogP contribution in [0.5, 0.6) is 0 Å². The van der Waals surface area contributed by atoms with Gasteiger partial charge in [-0.1, -0.05) is 38.3 Å². The second-order valence-electron chi connectivity index (χ2n) is 6.04. The number of aromatic nitrogens is 1. The van der Waals surface area contributed by atoms with E-state index in [-0.39, 0.29) is 11.4 Å². The SMILES string of the molecule is CCCCCCSc1cccc(-c2c(C(=O)O)c(N)[nH]c(=O)c2C(=O)O)c1. The number of anilines is 1. The predicted molar refractivity (Wildman–Crippen MR) is 106 cm³/mol. The highest BCUT2D eigenvalue weighted by atomic mass is 32.2. The smallest absolute Gasteiger partial charge is 0.342 e. The summed E-state index contributed by atoms with van der Waals surface area (Å²) in [4.78, 5) is 38.3. The zero-order valence-electron chi connectivity index (χ0n) is 14.9. The van der Waals surface area contributed by atoms with E-state index in [0.29, 0.717) is 5.56 Å². The first-order chi connectivity index (χ1) is 12.9. The van der Waals surface area contributed by atoms with E-state index in [4.69, 9.17) is 5.73 Å². The van der Waals surface area contributed by atoms with Crippen LogP contribution in [0.15, 0.2) is 34.0 Å². The molecule has 0 saturated carbocycles. The van der Waals surface area contributed by atoms with Crippen LogP contribution < -0.4 is 11.3 Å². The Labute approximate surface area is 160 Å². The summed E-state index contributed by atoms with van der Waals surface area (Å²) >= 11 is 1.60. The summed E-state index contributed by atoms with van der Waals surface area (Å²) in [6, 6.07) is 6.84. The third-order valence-electron chi connectivity index (χ3n) is 4.06. The number of nitrogens with two attached hydrogens (primary N) is 1. The lowest BCUT2D eigenvalue weighted by molar-refractivity contribution is 0.0695. The zero-order valence-corrected chi connectivity index (χ0v) is 15.8. The normalized spacial score (nSPS) is 10.7. The number of carboxylic acid groups (broad SMARTS) is 2. The Hall–Kier alpha value is -2.74. The third kappa shape index (κ3) is 4.91. The monoisotopic (exact) mass is 390 g/mol. The summed E-state index contributed by atoms with van der Waals surface area (Å²) in [5.74, 6) is -2.38. The summed E-state index contributed by atoms with van der Waals surface area (Å²) in [6.45, 7) is 2.14. The Balaban J connectivity index is 2.48. The number of aromatic amines is 1. The van der Waals surface area contributed by atoms with Crippen LogP contribution in [0.2, 0.25) is 0 Å². The number of nitrogen functional groups attached to an aromatic ring is 1. The van der Waals surface area contributed by atoms with Gasteiger partial charge in [-0.2, -0.15) is 0 Å². The number of carbonyl (C=O) groups is 2. The Kier molecular flexibility index (Phi) is 7.06. The second-order valence-corrected chi connectivity index (χ2v) is 7.21. The maximum Gasteiger partial charge on any atom is 0.342 e. The lowest BCUT2D eigenvalue weighted by atomic mass is 9.95. The Morgan fingerprint density at radius 3 is 2.44 bits per heavy atom. The maximum absolute atomic E-state index is 12.1. The van der Waals surface area contributed by atoms with Crippen molar-refractivity contribution < 1.29 is 19.8 Å². The Morgan fingerprint density at radius 1 is 1.11 bits per heavy atom. The molecule has 8 heteroatoms. The molecule has 0 saturated heterocycles. The van der Waals surface area contributed by atoms with Gasteiger partial charge in [0.05, 0.1) is 0 Å². The molecule has 1 aromatic carbocycles. The number of pyridine rings is 1. The number of carboxylic acids is 2. The highest BCUT2D eigenvalue weighted by Crippen LogP contribution is 2.32. The molecular formula is C19H22N2O5S. The summed E-state index contributed by atoms with van der Waals surface area (Å²) in [7, 11) is 0. The van der Waals surface area contributed by atoms with E-state index in [1.165, 1.54) is 6.42 Å². The first-order valence-corrected chi connectivity index (χ1v) is 9.61. The minimum atomic E-state index is -1.51. The molecule has 0 fully saturated rings. The molecule has 5 N–H and O–H groups in total. The largest absolute Gasteiger partial charge is 0.478 e. The van der Waals surface area contributed by atoms with E-state index in [2.05, 4.69) is 11.9 Å². The number of nitrogens with one attached hydrogen (secondary N) is 1.